The predicted molar refractivity (Wildman–Crippen MR) is 73.4 cm³/mol. The van der Waals surface area contributed by atoms with Crippen molar-refractivity contribution in [2.24, 2.45) is 0 Å². The fourth-order valence-corrected chi connectivity index (χ4v) is 2.50. The molecule has 1 aliphatic rings. The number of carboxylic acid groups (broad SMARTS) is 1. The highest BCUT2D eigenvalue weighted by Gasteiger charge is 2.32. The number of hydrogen-bond donors (Lipinski definition) is 2. The second-order valence-corrected chi connectivity index (χ2v) is 5.61. The van der Waals surface area contributed by atoms with Gasteiger partial charge in [0.1, 0.15) is 11.4 Å². The number of carbonyl (C=O) groups is 1. The number of rotatable bonds is 5. The minimum absolute atomic E-state index is 0.196. The third-order valence-corrected chi connectivity index (χ3v) is 3.33. The summed E-state index contributed by atoms with van der Waals surface area (Å²) >= 11 is 0. The summed E-state index contributed by atoms with van der Waals surface area (Å²) in [5.74, 6) is 0.184. The second kappa shape index (κ2) is 5.61. The van der Waals surface area contributed by atoms with Gasteiger partial charge in [-0.3, -0.25) is 4.79 Å². The van der Waals surface area contributed by atoms with Gasteiger partial charge in [0.2, 0.25) is 0 Å². The minimum Gasteiger partial charge on any atom is -0.487 e. The molecule has 0 saturated carbocycles. The fourth-order valence-electron chi connectivity index (χ4n) is 2.50. The van der Waals surface area contributed by atoms with Crippen LogP contribution in [0, 0.1) is 0 Å². The Hall–Kier alpha value is -1.55. The van der Waals surface area contributed by atoms with E-state index in [1.54, 1.807) is 0 Å². The van der Waals surface area contributed by atoms with E-state index in [2.05, 4.69) is 25.2 Å². The maximum atomic E-state index is 10.5. The number of fused-ring (bicyclic) bond motifs is 1. The second-order valence-electron chi connectivity index (χ2n) is 5.61. The molecule has 0 aliphatic carbocycles. The lowest BCUT2D eigenvalue weighted by molar-refractivity contribution is -0.137. The van der Waals surface area contributed by atoms with E-state index < -0.39 is 5.97 Å². The Labute approximate surface area is 113 Å². The minimum atomic E-state index is -0.741. The Morgan fingerprint density at radius 2 is 2.21 bits per heavy atom. The van der Waals surface area contributed by atoms with Crippen LogP contribution in [-0.2, 0) is 4.79 Å². The molecular weight excluding hydrogens is 242 g/mol. The predicted octanol–water partition coefficient (Wildman–Crippen LogP) is 2.74. The molecule has 0 fully saturated rings. The van der Waals surface area contributed by atoms with Crippen molar-refractivity contribution in [1.82, 2.24) is 5.32 Å². The summed E-state index contributed by atoms with van der Waals surface area (Å²) in [7, 11) is 0. The van der Waals surface area contributed by atoms with E-state index in [-0.39, 0.29) is 18.1 Å². The van der Waals surface area contributed by atoms with E-state index in [1.165, 1.54) is 0 Å². The molecule has 0 amide bonds. The SMILES string of the molecule is CC1(C)CC(NCCCC(=O)O)c2ccccc2O1. The molecule has 4 heteroatoms. The van der Waals surface area contributed by atoms with Crippen LogP contribution < -0.4 is 10.1 Å². The van der Waals surface area contributed by atoms with Crippen LogP contribution in [0.15, 0.2) is 24.3 Å². The Morgan fingerprint density at radius 3 is 2.95 bits per heavy atom. The van der Waals surface area contributed by atoms with E-state index in [9.17, 15) is 4.79 Å². The topological polar surface area (TPSA) is 58.6 Å². The van der Waals surface area contributed by atoms with Gasteiger partial charge in [-0.2, -0.15) is 0 Å². The molecule has 0 spiro atoms. The first-order chi connectivity index (χ1) is 8.98. The standard InChI is InChI=1S/C15H21NO3/c1-15(2)10-12(16-9-5-8-14(17)18)11-6-3-4-7-13(11)19-15/h3-4,6-7,12,16H,5,8-10H2,1-2H3,(H,17,18). The van der Waals surface area contributed by atoms with Gasteiger partial charge in [-0.25, -0.2) is 0 Å². The van der Waals surface area contributed by atoms with Gasteiger partial charge in [0, 0.05) is 24.4 Å². The lowest BCUT2D eigenvalue weighted by Gasteiger charge is -2.38. The van der Waals surface area contributed by atoms with Gasteiger partial charge in [-0.1, -0.05) is 18.2 Å². The third-order valence-electron chi connectivity index (χ3n) is 3.33. The highest BCUT2D eigenvalue weighted by atomic mass is 16.5. The molecule has 0 bridgehead atoms. The van der Waals surface area contributed by atoms with Crippen molar-refractivity contribution in [2.45, 2.75) is 44.8 Å². The van der Waals surface area contributed by atoms with Gasteiger partial charge < -0.3 is 15.2 Å². The molecule has 2 rings (SSSR count). The van der Waals surface area contributed by atoms with Gasteiger partial charge in [0.15, 0.2) is 0 Å². The molecule has 1 unspecified atom stereocenters. The van der Waals surface area contributed by atoms with E-state index in [0.717, 1.165) is 17.7 Å². The van der Waals surface area contributed by atoms with Crippen LogP contribution >= 0.6 is 0 Å². The maximum absolute atomic E-state index is 10.5. The fraction of sp³-hybridized carbons (Fsp3) is 0.533. The van der Waals surface area contributed by atoms with Crippen LogP contribution in [0.4, 0.5) is 0 Å². The van der Waals surface area contributed by atoms with Gasteiger partial charge in [0.25, 0.3) is 0 Å². The van der Waals surface area contributed by atoms with Crippen molar-refractivity contribution in [1.29, 1.82) is 0 Å². The van der Waals surface area contributed by atoms with Crippen molar-refractivity contribution in [3.05, 3.63) is 29.8 Å². The molecule has 1 atom stereocenters. The van der Waals surface area contributed by atoms with Crippen LogP contribution in [0.5, 0.6) is 5.75 Å². The molecule has 0 radical (unpaired) electrons. The highest BCUT2D eigenvalue weighted by Crippen LogP contribution is 2.39. The van der Waals surface area contributed by atoms with Crippen LogP contribution in [0.3, 0.4) is 0 Å². The van der Waals surface area contributed by atoms with Gasteiger partial charge in [0.05, 0.1) is 0 Å². The first-order valence-corrected chi connectivity index (χ1v) is 6.71. The molecule has 1 heterocycles. The number of ether oxygens (including phenoxy) is 1. The number of benzene rings is 1. The van der Waals surface area contributed by atoms with Crippen LogP contribution in [0.25, 0.3) is 0 Å². The monoisotopic (exact) mass is 263 g/mol. The van der Waals surface area contributed by atoms with E-state index in [1.807, 2.05) is 18.2 Å². The first kappa shape index (κ1) is 13.9. The van der Waals surface area contributed by atoms with Gasteiger partial charge in [-0.15, -0.1) is 0 Å². The highest BCUT2D eigenvalue weighted by molar-refractivity contribution is 5.66. The van der Waals surface area contributed by atoms with Crippen LogP contribution in [-0.4, -0.2) is 23.2 Å². The van der Waals surface area contributed by atoms with Crippen LogP contribution in [0.2, 0.25) is 0 Å². The number of nitrogens with one attached hydrogen (secondary N) is 1. The van der Waals surface area contributed by atoms with E-state index in [4.69, 9.17) is 9.84 Å². The zero-order chi connectivity index (χ0) is 13.9. The normalized spacial score (nSPS) is 20.4. The summed E-state index contributed by atoms with van der Waals surface area (Å²) in [6.07, 6.45) is 1.74. The molecule has 1 aromatic rings. The zero-order valence-electron chi connectivity index (χ0n) is 11.5. The average molecular weight is 263 g/mol. The molecule has 104 valence electrons. The molecule has 0 saturated heterocycles. The Kier molecular flexibility index (Phi) is 4.10. The van der Waals surface area contributed by atoms with E-state index in [0.29, 0.717) is 13.0 Å². The number of aliphatic carboxylic acids is 1. The number of carboxylic acids is 1. The molecule has 2 N–H and O–H groups in total. The van der Waals surface area contributed by atoms with E-state index >= 15 is 0 Å². The lowest BCUT2D eigenvalue weighted by atomic mass is 9.89. The smallest absolute Gasteiger partial charge is 0.303 e. The summed E-state index contributed by atoms with van der Waals surface area (Å²) < 4.78 is 5.96. The van der Waals surface area contributed by atoms with Gasteiger partial charge in [-0.05, 0) is 32.9 Å². The summed E-state index contributed by atoms with van der Waals surface area (Å²) in [6, 6.07) is 8.27. The Morgan fingerprint density at radius 1 is 1.47 bits per heavy atom. The van der Waals surface area contributed by atoms with Crippen molar-refractivity contribution >= 4 is 5.97 Å². The molecule has 1 aliphatic heterocycles. The van der Waals surface area contributed by atoms with Crippen molar-refractivity contribution in [3.8, 4) is 5.75 Å². The molecule has 4 nitrogen and oxygen atoms in total. The summed E-state index contributed by atoms with van der Waals surface area (Å²) in [5.41, 5.74) is 0.968. The molecule has 19 heavy (non-hydrogen) atoms. The van der Waals surface area contributed by atoms with Crippen molar-refractivity contribution < 1.29 is 14.6 Å². The Balaban J connectivity index is 2.01. The van der Waals surface area contributed by atoms with Crippen molar-refractivity contribution in [2.75, 3.05) is 6.54 Å². The summed E-state index contributed by atoms with van der Waals surface area (Å²) in [6.45, 7) is 4.87. The zero-order valence-corrected chi connectivity index (χ0v) is 11.5. The number of hydrogen-bond acceptors (Lipinski definition) is 3. The average Bonchev–Trinajstić information content (AvgIpc) is 2.33. The first-order valence-electron chi connectivity index (χ1n) is 6.71. The molecular formula is C15H21NO3. The third kappa shape index (κ3) is 3.70. The lowest BCUT2D eigenvalue weighted by Crippen LogP contribution is -2.39. The number of para-hydroxylation sites is 1. The summed E-state index contributed by atoms with van der Waals surface area (Å²) in [5, 5.41) is 12.1. The Bertz CT molecular complexity index is 456. The van der Waals surface area contributed by atoms with Gasteiger partial charge >= 0.3 is 5.97 Å². The maximum Gasteiger partial charge on any atom is 0.303 e. The quantitative estimate of drug-likeness (QED) is 0.802. The summed E-state index contributed by atoms with van der Waals surface area (Å²) in [4.78, 5) is 10.5. The molecule has 1 aromatic carbocycles. The largest absolute Gasteiger partial charge is 0.487 e. The molecule has 0 aromatic heterocycles. The van der Waals surface area contributed by atoms with Crippen molar-refractivity contribution in [3.63, 3.8) is 0 Å². The van der Waals surface area contributed by atoms with Crippen LogP contribution in [0.1, 0.15) is 44.7 Å².